The fraction of sp³-hybridized carbons (Fsp3) is 0.222. The van der Waals surface area contributed by atoms with E-state index in [4.69, 9.17) is 0 Å². The maximum absolute atomic E-state index is 11.9. The van der Waals surface area contributed by atoms with Gasteiger partial charge in [0.05, 0.1) is 0 Å². The predicted molar refractivity (Wildman–Crippen MR) is 77.2 cm³/mol. The number of ketones is 2. The Morgan fingerprint density at radius 2 is 0.950 bits per heavy atom. The van der Waals surface area contributed by atoms with E-state index in [0.29, 0.717) is 12.8 Å². The lowest BCUT2D eigenvalue weighted by Crippen LogP contribution is -1.96. The van der Waals surface area contributed by atoms with Crippen LogP contribution in [-0.2, 0) is 12.8 Å². The highest BCUT2D eigenvalue weighted by Crippen LogP contribution is 2.37. The lowest BCUT2D eigenvalue weighted by Gasteiger charge is -2.12. The highest BCUT2D eigenvalue weighted by atomic mass is 16.1. The number of hydrogen-bond acceptors (Lipinski definition) is 2. The van der Waals surface area contributed by atoms with E-state index in [9.17, 15) is 9.59 Å². The van der Waals surface area contributed by atoms with Crippen molar-refractivity contribution in [2.24, 2.45) is 0 Å². The van der Waals surface area contributed by atoms with Gasteiger partial charge in [0.2, 0.25) is 0 Å². The summed E-state index contributed by atoms with van der Waals surface area (Å²) >= 11 is 0. The molecule has 2 aliphatic carbocycles. The van der Waals surface area contributed by atoms with E-state index in [2.05, 4.69) is 12.1 Å². The minimum atomic E-state index is 0.241. The predicted octanol–water partition coefficient (Wildman–Crippen LogP) is 3.61. The number of fused-ring (bicyclic) bond motifs is 2. The molecular weight excluding hydrogens is 248 g/mol. The Bertz CT molecular complexity index is 691. The summed E-state index contributed by atoms with van der Waals surface area (Å²) in [4.78, 5) is 23.8. The first-order valence-electron chi connectivity index (χ1n) is 7.06. The zero-order valence-electron chi connectivity index (χ0n) is 11.1. The SMILES string of the molecule is O=C1CCc2c1cccc2-c1cccc2c1CCC2=O. The van der Waals surface area contributed by atoms with Gasteiger partial charge in [0, 0.05) is 24.0 Å². The fourth-order valence-corrected chi connectivity index (χ4v) is 3.49. The van der Waals surface area contributed by atoms with Gasteiger partial charge >= 0.3 is 0 Å². The monoisotopic (exact) mass is 262 g/mol. The molecule has 0 heterocycles. The van der Waals surface area contributed by atoms with Crippen LogP contribution in [0.25, 0.3) is 11.1 Å². The Hall–Kier alpha value is -2.22. The van der Waals surface area contributed by atoms with E-state index in [1.54, 1.807) is 0 Å². The van der Waals surface area contributed by atoms with E-state index < -0.39 is 0 Å². The molecule has 0 unspecified atom stereocenters. The Morgan fingerprint density at radius 1 is 0.550 bits per heavy atom. The second kappa shape index (κ2) is 4.14. The molecule has 0 fully saturated rings. The van der Waals surface area contributed by atoms with Crippen LogP contribution in [0.3, 0.4) is 0 Å². The second-order valence-electron chi connectivity index (χ2n) is 5.51. The van der Waals surface area contributed by atoms with Crippen LogP contribution in [0.4, 0.5) is 0 Å². The average Bonchev–Trinajstić information content (AvgIpc) is 3.03. The standard InChI is InChI=1S/C18H14O2/c19-17-9-7-13-11(3-1-5-15(13)17)12-4-2-6-16-14(12)8-10-18(16)20/h1-6H,7-10H2. The fourth-order valence-electron chi connectivity index (χ4n) is 3.49. The van der Waals surface area contributed by atoms with Crippen LogP contribution < -0.4 is 0 Å². The molecule has 20 heavy (non-hydrogen) atoms. The molecule has 98 valence electrons. The summed E-state index contributed by atoms with van der Waals surface area (Å²) < 4.78 is 0. The molecule has 2 nitrogen and oxygen atoms in total. The van der Waals surface area contributed by atoms with Crippen LogP contribution in [0.15, 0.2) is 36.4 Å². The van der Waals surface area contributed by atoms with Gasteiger partial charge < -0.3 is 0 Å². The van der Waals surface area contributed by atoms with Gasteiger partial charge in [-0.15, -0.1) is 0 Å². The van der Waals surface area contributed by atoms with Gasteiger partial charge in [0.1, 0.15) is 0 Å². The molecule has 0 saturated carbocycles. The van der Waals surface area contributed by atoms with Crippen molar-refractivity contribution in [2.75, 3.05) is 0 Å². The minimum Gasteiger partial charge on any atom is -0.294 e. The molecule has 4 rings (SSSR count). The molecule has 0 bridgehead atoms. The van der Waals surface area contributed by atoms with E-state index in [0.717, 1.165) is 46.2 Å². The number of hydrogen-bond donors (Lipinski definition) is 0. The quantitative estimate of drug-likeness (QED) is 0.786. The van der Waals surface area contributed by atoms with Crippen molar-refractivity contribution in [1.82, 2.24) is 0 Å². The summed E-state index contributed by atoms with van der Waals surface area (Å²) in [7, 11) is 0. The lowest BCUT2D eigenvalue weighted by atomic mass is 9.92. The smallest absolute Gasteiger partial charge is 0.163 e. The first kappa shape index (κ1) is 11.6. The molecule has 2 aliphatic rings. The Balaban J connectivity index is 1.97. The molecule has 0 saturated heterocycles. The zero-order chi connectivity index (χ0) is 13.7. The van der Waals surface area contributed by atoms with Gasteiger partial charge in [0.25, 0.3) is 0 Å². The summed E-state index contributed by atoms with van der Waals surface area (Å²) in [5.41, 5.74) is 6.32. The van der Waals surface area contributed by atoms with Crippen LogP contribution in [0.5, 0.6) is 0 Å². The van der Waals surface area contributed by atoms with Crippen molar-refractivity contribution >= 4 is 11.6 Å². The molecule has 2 heteroatoms. The average molecular weight is 262 g/mol. The molecular formula is C18H14O2. The van der Waals surface area contributed by atoms with E-state index in [-0.39, 0.29) is 11.6 Å². The summed E-state index contributed by atoms with van der Waals surface area (Å²) in [6, 6.07) is 11.9. The van der Waals surface area contributed by atoms with Crippen LogP contribution in [0.2, 0.25) is 0 Å². The van der Waals surface area contributed by atoms with Crippen LogP contribution in [-0.4, -0.2) is 11.6 Å². The van der Waals surface area contributed by atoms with Gasteiger partial charge in [-0.1, -0.05) is 36.4 Å². The highest BCUT2D eigenvalue weighted by Gasteiger charge is 2.26. The second-order valence-corrected chi connectivity index (χ2v) is 5.51. The highest BCUT2D eigenvalue weighted by molar-refractivity contribution is 6.05. The van der Waals surface area contributed by atoms with E-state index in [1.165, 1.54) is 0 Å². The van der Waals surface area contributed by atoms with Crippen LogP contribution >= 0.6 is 0 Å². The number of rotatable bonds is 1. The molecule has 0 atom stereocenters. The summed E-state index contributed by atoms with van der Waals surface area (Å²) in [5.74, 6) is 0.482. The van der Waals surface area contributed by atoms with Crippen molar-refractivity contribution in [3.63, 3.8) is 0 Å². The number of Topliss-reactive ketones (excluding diaryl/α,β-unsaturated/α-hetero) is 2. The van der Waals surface area contributed by atoms with Crippen molar-refractivity contribution in [3.8, 4) is 11.1 Å². The third kappa shape index (κ3) is 1.51. The maximum atomic E-state index is 11.9. The molecule has 0 aromatic heterocycles. The van der Waals surface area contributed by atoms with Gasteiger partial charge in [-0.25, -0.2) is 0 Å². The first-order chi connectivity index (χ1) is 9.75. The molecule has 0 N–H and O–H groups in total. The Labute approximate surface area is 117 Å². The van der Waals surface area contributed by atoms with Crippen molar-refractivity contribution < 1.29 is 9.59 Å². The van der Waals surface area contributed by atoms with Gasteiger partial charge in [-0.2, -0.15) is 0 Å². The number of carbonyl (C=O) groups is 2. The lowest BCUT2D eigenvalue weighted by molar-refractivity contribution is 0.0986. The van der Waals surface area contributed by atoms with Gasteiger partial charge in [-0.3, -0.25) is 9.59 Å². The summed E-state index contributed by atoms with van der Waals surface area (Å²) in [6.07, 6.45) is 2.87. The third-order valence-corrected chi connectivity index (χ3v) is 4.45. The first-order valence-corrected chi connectivity index (χ1v) is 7.06. The number of benzene rings is 2. The topological polar surface area (TPSA) is 34.1 Å². The van der Waals surface area contributed by atoms with Crippen LogP contribution in [0, 0.1) is 0 Å². The Kier molecular flexibility index (Phi) is 2.40. The molecule has 0 amide bonds. The van der Waals surface area contributed by atoms with Crippen molar-refractivity contribution in [2.45, 2.75) is 25.7 Å². The number of carbonyl (C=O) groups excluding carboxylic acids is 2. The maximum Gasteiger partial charge on any atom is 0.163 e. The molecule has 0 radical (unpaired) electrons. The third-order valence-electron chi connectivity index (χ3n) is 4.45. The summed E-state index contributed by atoms with van der Waals surface area (Å²) in [6.45, 7) is 0. The minimum absolute atomic E-state index is 0.241. The molecule has 2 aromatic rings. The molecule has 0 spiro atoms. The summed E-state index contributed by atoms with van der Waals surface area (Å²) in [5, 5.41) is 0. The Morgan fingerprint density at radius 3 is 1.40 bits per heavy atom. The van der Waals surface area contributed by atoms with E-state index in [1.807, 2.05) is 24.3 Å². The van der Waals surface area contributed by atoms with Crippen molar-refractivity contribution in [3.05, 3.63) is 58.7 Å². The van der Waals surface area contributed by atoms with E-state index >= 15 is 0 Å². The van der Waals surface area contributed by atoms with Gasteiger partial charge in [0.15, 0.2) is 11.6 Å². The van der Waals surface area contributed by atoms with Crippen molar-refractivity contribution in [1.29, 1.82) is 0 Å². The van der Waals surface area contributed by atoms with Crippen LogP contribution in [0.1, 0.15) is 44.7 Å². The zero-order valence-corrected chi connectivity index (χ0v) is 11.1. The normalized spacial score (nSPS) is 16.4. The van der Waals surface area contributed by atoms with Gasteiger partial charge in [-0.05, 0) is 35.1 Å². The largest absolute Gasteiger partial charge is 0.294 e. The molecule has 2 aromatic carbocycles. The molecule has 0 aliphatic heterocycles.